The first kappa shape index (κ1) is 18.5. The SMILES string of the molecule is O=c1ccn([C@@H]2O[C@H](CO)[C@@H](O)[C@H]2SSC(Cl)(Cl)Cl)c(=O)[nH]1. The van der Waals surface area contributed by atoms with Gasteiger partial charge in [-0.2, -0.15) is 0 Å². The number of rotatable bonds is 4. The quantitative estimate of drug-likeness (QED) is 0.500. The van der Waals surface area contributed by atoms with E-state index in [2.05, 4.69) is 4.98 Å². The van der Waals surface area contributed by atoms with E-state index in [1.807, 2.05) is 0 Å². The third-order valence-electron chi connectivity index (χ3n) is 2.87. The van der Waals surface area contributed by atoms with Crippen LogP contribution in [0.3, 0.4) is 0 Å². The van der Waals surface area contributed by atoms with E-state index in [0.29, 0.717) is 0 Å². The molecule has 0 aromatic carbocycles. The first-order chi connectivity index (χ1) is 10.2. The van der Waals surface area contributed by atoms with Crippen LogP contribution in [0.25, 0.3) is 0 Å². The van der Waals surface area contributed by atoms with Crippen molar-refractivity contribution in [2.24, 2.45) is 0 Å². The van der Waals surface area contributed by atoms with Gasteiger partial charge in [-0.25, -0.2) is 4.79 Å². The summed E-state index contributed by atoms with van der Waals surface area (Å²) in [4.78, 5) is 25.1. The fourth-order valence-electron chi connectivity index (χ4n) is 1.93. The lowest BCUT2D eigenvalue weighted by molar-refractivity contribution is -0.0457. The fraction of sp³-hybridized carbons (Fsp3) is 0.600. The largest absolute Gasteiger partial charge is 0.394 e. The molecular weight excluding hydrogens is 399 g/mol. The predicted octanol–water partition coefficient (Wildman–Crippen LogP) is 0.865. The molecule has 0 aliphatic carbocycles. The van der Waals surface area contributed by atoms with E-state index in [9.17, 15) is 19.8 Å². The number of nitrogens with one attached hydrogen (secondary N) is 1. The van der Waals surface area contributed by atoms with Gasteiger partial charge in [-0.15, -0.1) is 0 Å². The van der Waals surface area contributed by atoms with Crippen molar-refractivity contribution >= 4 is 56.4 Å². The summed E-state index contributed by atoms with van der Waals surface area (Å²) in [6.07, 6.45) is -1.66. The van der Waals surface area contributed by atoms with Gasteiger partial charge in [-0.3, -0.25) is 14.3 Å². The average Bonchev–Trinajstić information content (AvgIpc) is 2.72. The molecule has 12 heteroatoms. The van der Waals surface area contributed by atoms with Crippen LogP contribution in [0.1, 0.15) is 6.23 Å². The van der Waals surface area contributed by atoms with E-state index in [1.54, 1.807) is 0 Å². The number of aromatic nitrogens is 2. The molecule has 3 N–H and O–H groups in total. The lowest BCUT2D eigenvalue weighted by atomic mass is 10.2. The van der Waals surface area contributed by atoms with Crippen LogP contribution in [-0.2, 0) is 4.74 Å². The van der Waals surface area contributed by atoms with Gasteiger partial charge in [-0.05, 0) is 10.8 Å². The van der Waals surface area contributed by atoms with Gasteiger partial charge in [0.1, 0.15) is 6.10 Å². The lowest BCUT2D eigenvalue weighted by Gasteiger charge is -2.22. The predicted molar refractivity (Wildman–Crippen MR) is 87.6 cm³/mol. The van der Waals surface area contributed by atoms with Gasteiger partial charge in [0.05, 0.1) is 18.0 Å². The van der Waals surface area contributed by atoms with E-state index >= 15 is 0 Å². The zero-order chi connectivity index (χ0) is 16.5. The minimum absolute atomic E-state index is 0.439. The van der Waals surface area contributed by atoms with E-state index in [4.69, 9.17) is 39.5 Å². The van der Waals surface area contributed by atoms with Crippen molar-refractivity contribution in [1.29, 1.82) is 0 Å². The maximum Gasteiger partial charge on any atom is 0.330 e. The Hall–Kier alpha value is 0.130. The highest BCUT2D eigenvalue weighted by Gasteiger charge is 2.46. The minimum Gasteiger partial charge on any atom is -0.394 e. The standard InChI is InChI=1S/C10H11Cl3N2O5S2/c11-10(12,13)22-21-7-6(18)4(3-16)20-8(7)15-2-1-5(17)14-9(15)19/h1-2,4,6-8,16,18H,3H2,(H,14,17,19)/t4-,6-,7-,8-/m1/s1. The monoisotopic (exact) mass is 408 g/mol. The number of aromatic amines is 1. The summed E-state index contributed by atoms with van der Waals surface area (Å²) in [5, 5.41) is 18.7. The number of hydrogen-bond donors (Lipinski definition) is 3. The summed E-state index contributed by atoms with van der Waals surface area (Å²) in [5.41, 5.74) is -1.26. The molecule has 1 saturated heterocycles. The Balaban J connectivity index is 2.29. The van der Waals surface area contributed by atoms with Gasteiger partial charge in [0.25, 0.3) is 5.56 Å². The molecule has 0 radical (unpaired) electrons. The molecule has 1 aromatic heterocycles. The van der Waals surface area contributed by atoms with Gasteiger partial charge in [0.2, 0.25) is 3.12 Å². The van der Waals surface area contributed by atoms with Crippen molar-refractivity contribution in [1.82, 2.24) is 9.55 Å². The Morgan fingerprint density at radius 3 is 2.64 bits per heavy atom. The summed E-state index contributed by atoms with van der Waals surface area (Å²) in [6, 6.07) is 1.15. The number of hydrogen-bond acceptors (Lipinski definition) is 7. The molecule has 1 aromatic rings. The van der Waals surface area contributed by atoms with Gasteiger partial charge >= 0.3 is 5.69 Å². The first-order valence-corrected chi connectivity index (χ1v) is 9.24. The van der Waals surface area contributed by atoms with Crippen LogP contribution in [0.4, 0.5) is 0 Å². The summed E-state index contributed by atoms with van der Waals surface area (Å²) < 4.78 is 4.97. The number of halogens is 3. The normalized spacial score (nSPS) is 29.0. The van der Waals surface area contributed by atoms with Crippen molar-refractivity contribution < 1.29 is 14.9 Å². The van der Waals surface area contributed by atoms with E-state index in [1.165, 1.54) is 6.20 Å². The van der Waals surface area contributed by atoms with Crippen LogP contribution in [0, 0.1) is 0 Å². The molecule has 0 spiro atoms. The third kappa shape index (κ3) is 4.35. The Bertz CT molecular complexity index is 634. The number of aliphatic hydroxyl groups excluding tert-OH is 2. The molecule has 1 fully saturated rings. The maximum absolute atomic E-state index is 11.9. The highest BCUT2D eigenvalue weighted by Crippen LogP contribution is 2.51. The van der Waals surface area contributed by atoms with Crippen LogP contribution in [0.15, 0.2) is 21.9 Å². The minimum atomic E-state index is -1.62. The van der Waals surface area contributed by atoms with Gasteiger partial charge in [0.15, 0.2) is 6.23 Å². The highest BCUT2D eigenvalue weighted by molar-refractivity contribution is 8.78. The molecule has 2 rings (SSSR count). The highest BCUT2D eigenvalue weighted by atomic mass is 35.6. The van der Waals surface area contributed by atoms with Crippen molar-refractivity contribution in [3.63, 3.8) is 0 Å². The van der Waals surface area contributed by atoms with Gasteiger partial charge in [-0.1, -0.05) is 45.6 Å². The number of aliphatic hydroxyl groups is 2. The van der Waals surface area contributed by atoms with Crippen LogP contribution < -0.4 is 11.2 Å². The molecule has 0 bridgehead atoms. The number of ether oxygens (including phenoxy) is 1. The molecule has 0 amide bonds. The summed E-state index contributed by atoms with van der Waals surface area (Å²) in [7, 11) is 1.88. The van der Waals surface area contributed by atoms with Crippen molar-refractivity contribution in [3.05, 3.63) is 33.1 Å². The Morgan fingerprint density at radius 2 is 2.09 bits per heavy atom. The zero-order valence-electron chi connectivity index (χ0n) is 10.7. The second-order valence-corrected chi connectivity index (χ2v) is 9.89. The van der Waals surface area contributed by atoms with Crippen molar-refractivity contribution in [2.75, 3.05) is 6.61 Å². The zero-order valence-corrected chi connectivity index (χ0v) is 14.6. The third-order valence-corrected chi connectivity index (χ3v) is 7.11. The molecule has 2 heterocycles. The lowest BCUT2D eigenvalue weighted by Crippen LogP contribution is -2.36. The first-order valence-electron chi connectivity index (χ1n) is 5.90. The topological polar surface area (TPSA) is 105 Å². The molecule has 22 heavy (non-hydrogen) atoms. The number of nitrogens with zero attached hydrogens (tertiary/aromatic N) is 1. The Kier molecular flexibility index (Phi) is 6.17. The second-order valence-electron chi connectivity index (χ2n) is 4.35. The molecule has 0 saturated carbocycles. The van der Waals surface area contributed by atoms with E-state index in [-0.39, 0.29) is 0 Å². The molecule has 124 valence electrons. The van der Waals surface area contributed by atoms with Crippen molar-refractivity contribution in [3.8, 4) is 0 Å². The fourth-order valence-corrected chi connectivity index (χ4v) is 5.00. The molecule has 4 atom stereocenters. The molecule has 7 nitrogen and oxygen atoms in total. The molecule has 1 aliphatic heterocycles. The number of alkyl halides is 3. The smallest absolute Gasteiger partial charge is 0.330 e. The summed E-state index contributed by atoms with van der Waals surface area (Å²) in [6.45, 7) is -0.439. The Labute approximate surface area is 147 Å². The summed E-state index contributed by atoms with van der Waals surface area (Å²) >= 11 is 17.0. The van der Waals surface area contributed by atoms with E-state index < -0.39 is 44.7 Å². The maximum atomic E-state index is 11.9. The van der Waals surface area contributed by atoms with E-state index in [0.717, 1.165) is 32.2 Å². The summed E-state index contributed by atoms with van der Waals surface area (Å²) in [5.74, 6) is 0. The van der Waals surface area contributed by atoms with Crippen LogP contribution in [-0.4, -0.2) is 47.0 Å². The van der Waals surface area contributed by atoms with Crippen LogP contribution >= 0.6 is 56.4 Å². The van der Waals surface area contributed by atoms with Gasteiger partial charge in [0, 0.05) is 12.3 Å². The van der Waals surface area contributed by atoms with Crippen LogP contribution in [0.2, 0.25) is 0 Å². The second kappa shape index (κ2) is 7.35. The van der Waals surface area contributed by atoms with Gasteiger partial charge < -0.3 is 14.9 Å². The van der Waals surface area contributed by atoms with Crippen molar-refractivity contribution in [2.45, 2.75) is 26.8 Å². The average molecular weight is 410 g/mol. The molecule has 0 unspecified atom stereocenters. The molecule has 1 aliphatic rings. The van der Waals surface area contributed by atoms with Crippen LogP contribution in [0.5, 0.6) is 0 Å². The Morgan fingerprint density at radius 1 is 1.41 bits per heavy atom. The molecular formula is C10H11Cl3N2O5S2. The number of H-pyrrole nitrogens is 1.